The van der Waals surface area contributed by atoms with Gasteiger partial charge in [-0.05, 0) is 53.4 Å². The first-order valence-corrected chi connectivity index (χ1v) is 10.9. The lowest BCUT2D eigenvalue weighted by Gasteiger charge is -2.19. The molecule has 3 aromatic rings. The first kappa shape index (κ1) is 22.1. The van der Waals surface area contributed by atoms with Gasteiger partial charge in [0.2, 0.25) is 0 Å². The normalized spacial score (nSPS) is 24.5. The SMILES string of the molecule is Cc1ccc([C@@H]2O[C@H]([C@H](O)CO)[C@H](O)[C@H]2O)cc1Cc1ccc(-c2ccc(F)cc2)s1. The molecule has 0 saturated carbocycles. The van der Waals surface area contributed by atoms with Crippen LogP contribution in [0.1, 0.15) is 27.7 Å². The molecule has 2 aromatic carbocycles. The number of rotatable bonds is 6. The topological polar surface area (TPSA) is 90.2 Å². The van der Waals surface area contributed by atoms with Crippen molar-refractivity contribution < 1.29 is 29.6 Å². The first-order valence-electron chi connectivity index (χ1n) is 10.1. The van der Waals surface area contributed by atoms with Gasteiger partial charge < -0.3 is 25.2 Å². The summed E-state index contributed by atoms with van der Waals surface area (Å²) < 4.78 is 18.9. The fourth-order valence-electron chi connectivity index (χ4n) is 3.89. The van der Waals surface area contributed by atoms with Gasteiger partial charge in [-0.3, -0.25) is 0 Å². The predicted molar refractivity (Wildman–Crippen MR) is 116 cm³/mol. The minimum Gasteiger partial charge on any atom is -0.394 e. The average molecular weight is 445 g/mol. The minimum absolute atomic E-state index is 0.261. The molecule has 1 saturated heterocycles. The fourth-order valence-corrected chi connectivity index (χ4v) is 4.93. The third kappa shape index (κ3) is 4.57. The Hall–Kier alpha value is -2.13. The van der Waals surface area contributed by atoms with Crippen molar-refractivity contribution in [2.24, 2.45) is 0 Å². The van der Waals surface area contributed by atoms with Crippen molar-refractivity contribution in [2.45, 2.75) is 43.9 Å². The summed E-state index contributed by atoms with van der Waals surface area (Å²) in [7, 11) is 0. The van der Waals surface area contributed by atoms with Gasteiger partial charge in [-0.15, -0.1) is 11.3 Å². The standard InChI is InChI=1S/C24H25FO5S/c1-13-2-3-15(23-21(28)22(29)24(30-23)19(27)12-26)10-16(13)11-18-8-9-20(31-18)14-4-6-17(25)7-5-14/h2-10,19,21-24,26-29H,11-12H2,1H3/t19-,21-,22-,23+,24-/m1/s1. The number of hydrogen-bond acceptors (Lipinski definition) is 6. The number of ether oxygens (including phenoxy) is 1. The number of aliphatic hydroxyl groups is 4. The Balaban J connectivity index is 1.54. The maximum atomic E-state index is 13.2. The molecule has 0 unspecified atom stereocenters. The highest BCUT2D eigenvalue weighted by atomic mass is 32.1. The molecule has 1 fully saturated rings. The highest BCUT2D eigenvalue weighted by Crippen LogP contribution is 2.36. The molecule has 5 atom stereocenters. The predicted octanol–water partition coefficient (Wildman–Crippen LogP) is 2.97. The molecule has 0 spiro atoms. The van der Waals surface area contributed by atoms with Crippen molar-refractivity contribution in [2.75, 3.05) is 6.61 Å². The monoisotopic (exact) mass is 444 g/mol. The summed E-state index contributed by atoms with van der Waals surface area (Å²) in [4.78, 5) is 2.20. The largest absolute Gasteiger partial charge is 0.394 e. The van der Waals surface area contributed by atoms with Gasteiger partial charge >= 0.3 is 0 Å². The Morgan fingerprint density at radius 2 is 1.77 bits per heavy atom. The molecule has 4 N–H and O–H groups in total. The molecule has 7 heteroatoms. The summed E-state index contributed by atoms with van der Waals surface area (Å²) in [5.74, 6) is -0.261. The number of aliphatic hydroxyl groups excluding tert-OH is 4. The molecule has 0 bridgehead atoms. The van der Waals surface area contributed by atoms with Gasteiger partial charge in [-0.25, -0.2) is 4.39 Å². The van der Waals surface area contributed by atoms with Crippen LogP contribution >= 0.6 is 11.3 Å². The van der Waals surface area contributed by atoms with Gasteiger partial charge in [0.15, 0.2) is 0 Å². The summed E-state index contributed by atoms with van der Waals surface area (Å²) >= 11 is 1.64. The van der Waals surface area contributed by atoms with Crippen LogP contribution in [-0.2, 0) is 11.2 Å². The van der Waals surface area contributed by atoms with Gasteiger partial charge in [-0.2, -0.15) is 0 Å². The van der Waals surface area contributed by atoms with Crippen LogP contribution in [0.5, 0.6) is 0 Å². The van der Waals surface area contributed by atoms with Gasteiger partial charge in [0.25, 0.3) is 0 Å². The van der Waals surface area contributed by atoms with Crippen molar-refractivity contribution in [3.05, 3.63) is 82.0 Å². The van der Waals surface area contributed by atoms with E-state index in [-0.39, 0.29) is 5.82 Å². The molecule has 1 aliphatic heterocycles. The van der Waals surface area contributed by atoms with Crippen molar-refractivity contribution in [1.29, 1.82) is 0 Å². The van der Waals surface area contributed by atoms with E-state index < -0.39 is 37.1 Å². The molecule has 5 nitrogen and oxygen atoms in total. The van der Waals surface area contributed by atoms with Crippen LogP contribution in [-0.4, -0.2) is 51.4 Å². The summed E-state index contributed by atoms with van der Waals surface area (Å²) in [6, 6.07) is 16.2. The van der Waals surface area contributed by atoms with Crippen LogP contribution in [0.25, 0.3) is 10.4 Å². The summed E-state index contributed by atoms with van der Waals surface area (Å²) in [5, 5.41) is 39.7. The lowest BCUT2D eigenvalue weighted by Crippen LogP contribution is -2.40. The fraction of sp³-hybridized carbons (Fsp3) is 0.333. The summed E-state index contributed by atoms with van der Waals surface area (Å²) in [6.45, 7) is 1.45. The van der Waals surface area contributed by atoms with Gasteiger partial charge in [-0.1, -0.05) is 30.3 Å². The molecular weight excluding hydrogens is 419 g/mol. The Bertz CT molecular complexity index is 1030. The zero-order valence-electron chi connectivity index (χ0n) is 17.0. The molecule has 31 heavy (non-hydrogen) atoms. The van der Waals surface area contributed by atoms with E-state index in [9.17, 15) is 19.7 Å². The van der Waals surface area contributed by atoms with E-state index in [1.807, 2.05) is 37.3 Å². The van der Waals surface area contributed by atoms with Crippen LogP contribution in [0.3, 0.4) is 0 Å². The van der Waals surface area contributed by atoms with Crippen LogP contribution in [0.4, 0.5) is 4.39 Å². The molecule has 0 amide bonds. The lowest BCUT2D eigenvalue weighted by molar-refractivity contribution is -0.0820. The quantitative estimate of drug-likeness (QED) is 0.469. The smallest absolute Gasteiger partial charge is 0.123 e. The van der Waals surface area contributed by atoms with Crippen LogP contribution < -0.4 is 0 Å². The Morgan fingerprint density at radius 1 is 1.03 bits per heavy atom. The van der Waals surface area contributed by atoms with E-state index in [1.165, 1.54) is 12.1 Å². The van der Waals surface area contributed by atoms with Crippen LogP contribution in [0.2, 0.25) is 0 Å². The molecule has 2 heterocycles. The van der Waals surface area contributed by atoms with Crippen molar-refractivity contribution in [3.63, 3.8) is 0 Å². The number of thiophene rings is 1. The number of hydrogen-bond donors (Lipinski definition) is 4. The maximum absolute atomic E-state index is 13.2. The number of halogens is 1. The minimum atomic E-state index is -1.28. The molecule has 1 aromatic heterocycles. The van der Waals surface area contributed by atoms with Gasteiger partial charge in [0.1, 0.15) is 36.3 Å². The molecule has 1 aliphatic rings. The van der Waals surface area contributed by atoms with Gasteiger partial charge in [0, 0.05) is 16.2 Å². The van der Waals surface area contributed by atoms with Crippen molar-refractivity contribution in [1.82, 2.24) is 0 Å². The average Bonchev–Trinajstić information content (AvgIpc) is 3.35. The van der Waals surface area contributed by atoms with E-state index in [2.05, 4.69) is 0 Å². The summed E-state index contributed by atoms with van der Waals surface area (Å²) in [6.07, 6.45) is -4.92. The highest BCUT2D eigenvalue weighted by Gasteiger charge is 2.46. The van der Waals surface area contributed by atoms with Crippen molar-refractivity contribution >= 4 is 11.3 Å². The molecule has 0 radical (unpaired) electrons. The second kappa shape index (κ2) is 9.16. The van der Waals surface area contributed by atoms with Crippen LogP contribution in [0.15, 0.2) is 54.6 Å². The maximum Gasteiger partial charge on any atom is 0.123 e. The molecule has 4 rings (SSSR count). The summed E-state index contributed by atoms with van der Waals surface area (Å²) in [5.41, 5.74) is 3.81. The Labute approximate surface area is 184 Å². The third-order valence-corrected chi connectivity index (χ3v) is 6.86. The third-order valence-electron chi connectivity index (χ3n) is 5.72. The second-order valence-corrected chi connectivity index (χ2v) is 9.06. The van der Waals surface area contributed by atoms with E-state index in [4.69, 9.17) is 9.84 Å². The second-order valence-electron chi connectivity index (χ2n) is 7.89. The number of benzene rings is 2. The van der Waals surface area contributed by atoms with E-state index >= 15 is 0 Å². The Morgan fingerprint density at radius 3 is 2.48 bits per heavy atom. The van der Waals surface area contributed by atoms with E-state index in [0.29, 0.717) is 12.0 Å². The zero-order chi connectivity index (χ0) is 22.1. The van der Waals surface area contributed by atoms with Gasteiger partial charge in [0.05, 0.1) is 6.61 Å². The highest BCUT2D eigenvalue weighted by molar-refractivity contribution is 7.15. The molecular formula is C24H25FO5S. The lowest BCUT2D eigenvalue weighted by atomic mass is 9.95. The van der Waals surface area contributed by atoms with E-state index in [1.54, 1.807) is 23.5 Å². The Kier molecular flexibility index (Phi) is 6.52. The molecule has 0 aliphatic carbocycles. The van der Waals surface area contributed by atoms with Crippen molar-refractivity contribution in [3.8, 4) is 10.4 Å². The first-order chi connectivity index (χ1) is 14.9. The van der Waals surface area contributed by atoms with E-state index in [0.717, 1.165) is 26.4 Å². The zero-order valence-corrected chi connectivity index (χ0v) is 17.8. The number of aryl methyl sites for hydroxylation is 1. The van der Waals surface area contributed by atoms with Crippen LogP contribution in [0, 0.1) is 12.7 Å². The molecule has 164 valence electrons.